The second-order valence-corrected chi connectivity index (χ2v) is 7.63. The summed E-state index contributed by atoms with van der Waals surface area (Å²) < 4.78 is 30.7. The topological polar surface area (TPSA) is 55.4 Å². The van der Waals surface area contributed by atoms with Crippen LogP contribution in [0.4, 0.5) is 0 Å². The minimum atomic E-state index is -3.09. The van der Waals surface area contributed by atoms with Crippen molar-refractivity contribution in [3.63, 3.8) is 0 Å². The number of hydrogen-bond acceptors (Lipinski definition) is 4. The first-order chi connectivity index (χ1) is 9.05. The molecule has 0 bridgehead atoms. The zero-order valence-corrected chi connectivity index (χ0v) is 13.3. The highest BCUT2D eigenvalue weighted by molar-refractivity contribution is 7.92. The average molecular weight is 291 g/mol. The summed E-state index contributed by atoms with van der Waals surface area (Å²) in [6.45, 7) is 7.63. The molecule has 0 spiro atoms. The maximum absolute atomic E-state index is 12.6. The molecule has 1 heterocycles. The first-order valence-electron chi connectivity index (χ1n) is 7.61. The molecule has 0 saturated carbocycles. The van der Waals surface area contributed by atoms with Crippen molar-refractivity contribution in [1.82, 2.24) is 5.32 Å². The van der Waals surface area contributed by atoms with E-state index < -0.39 is 9.84 Å². The van der Waals surface area contributed by atoms with Gasteiger partial charge in [-0.15, -0.1) is 0 Å². The lowest BCUT2D eigenvalue weighted by atomic mass is 10.1. The highest BCUT2D eigenvalue weighted by Gasteiger charge is 2.34. The molecule has 0 aromatic carbocycles. The normalized spacial score (nSPS) is 23.4. The fourth-order valence-electron chi connectivity index (χ4n) is 2.94. The van der Waals surface area contributed by atoms with Gasteiger partial charge >= 0.3 is 0 Å². The van der Waals surface area contributed by atoms with E-state index in [0.29, 0.717) is 13.0 Å². The molecule has 0 aromatic heterocycles. The first-order valence-corrected chi connectivity index (χ1v) is 9.33. The molecule has 0 amide bonds. The van der Waals surface area contributed by atoms with E-state index in [2.05, 4.69) is 12.2 Å². The van der Waals surface area contributed by atoms with Crippen molar-refractivity contribution < 1.29 is 13.2 Å². The lowest BCUT2D eigenvalue weighted by Crippen LogP contribution is -2.45. The fraction of sp³-hybridized carbons (Fsp3) is 1.00. The van der Waals surface area contributed by atoms with Crippen LogP contribution in [0.5, 0.6) is 0 Å². The van der Waals surface area contributed by atoms with Crippen molar-refractivity contribution in [1.29, 1.82) is 0 Å². The SMILES string of the molecule is CCCC(NCC)C(CC)S(=O)(=O)CC1CCCO1. The van der Waals surface area contributed by atoms with Gasteiger partial charge in [0.1, 0.15) is 0 Å². The Hall–Kier alpha value is -0.130. The van der Waals surface area contributed by atoms with E-state index in [-0.39, 0.29) is 23.1 Å². The van der Waals surface area contributed by atoms with Gasteiger partial charge < -0.3 is 10.1 Å². The minimum Gasteiger partial charge on any atom is -0.377 e. The van der Waals surface area contributed by atoms with Crippen LogP contribution >= 0.6 is 0 Å². The van der Waals surface area contributed by atoms with Gasteiger partial charge in [-0.25, -0.2) is 8.42 Å². The zero-order valence-electron chi connectivity index (χ0n) is 12.5. The van der Waals surface area contributed by atoms with Gasteiger partial charge in [0.05, 0.1) is 17.1 Å². The van der Waals surface area contributed by atoms with Crippen molar-refractivity contribution in [3.05, 3.63) is 0 Å². The Morgan fingerprint density at radius 1 is 1.32 bits per heavy atom. The molecule has 5 heteroatoms. The summed E-state index contributed by atoms with van der Waals surface area (Å²) in [5.41, 5.74) is 0. The van der Waals surface area contributed by atoms with Crippen LogP contribution in [0.25, 0.3) is 0 Å². The summed E-state index contributed by atoms with van der Waals surface area (Å²) in [7, 11) is -3.09. The molecule has 1 fully saturated rings. The predicted molar refractivity (Wildman–Crippen MR) is 79.2 cm³/mol. The number of rotatable bonds is 9. The van der Waals surface area contributed by atoms with Crippen LogP contribution in [0.3, 0.4) is 0 Å². The molecule has 4 nitrogen and oxygen atoms in total. The maximum Gasteiger partial charge on any atom is 0.157 e. The Labute approximate surface area is 118 Å². The van der Waals surface area contributed by atoms with Gasteiger partial charge in [-0.05, 0) is 32.2 Å². The highest BCUT2D eigenvalue weighted by atomic mass is 32.2. The number of sulfone groups is 1. The van der Waals surface area contributed by atoms with Gasteiger partial charge in [0.25, 0.3) is 0 Å². The molecule has 1 saturated heterocycles. The van der Waals surface area contributed by atoms with Crippen molar-refractivity contribution in [2.45, 2.75) is 70.3 Å². The minimum absolute atomic E-state index is 0.0754. The maximum atomic E-state index is 12.6. The van der Waals surface area contributed by atoms with E-state index >= 15 is 0 Å². The van der Waals surface area contributed by atoms with Crippen molar-refractivity contribution in [3.8, 4) is 0 Å². The summed E-state index contributed by atoms with van der Waals surface area (Å²) in [5, 5.41) is 3.06. The second kappa shape index (κ2) is 8.22. The van der Waals surface area contributed by atoms with Gasteiger partial charge in [0, 0.05) is 12.6 Å². The fourth-order valence-corrected chi connectivity index (χ4v) is 5.21. The van der Waals surface area contributed by atoms with Crippen LogP contribution in [-0.4, -0.2) is 44.7 Å². The van der Waals surface area contributed by atoms with Crippen LogP contribution in [0.1, 0.15) is 52.9 Å². The molecule has 3 unspecified atom stereocenters. The monoisotopic (exact) mass is 291 g/mol. The second-order valence-electron chi connectivity index (χ2n) is 5.36. The number of hydrogen-bond donors (Lipinski definition) is 1. The molecule has 19 heavy (non-hydrogen) atoms. The number of ether oxygens (including phenoxy) is 1. The summed E-state index contributed by atoms with van der Waals surface area (Å²) in [6.07, 6.45) is 4.38. The summed E-state index contributed by atoms with van der Waals surface area (Å²) in [6, 6.07) is 0.0754. The van der Waals surface area contributed by atoms with Crippen molar-refractivity contribution in [2.24, 2.45) is 0 Å². The molecule has 1 aliphatic rings. The summed E-state index contributed by atoms with van der Waals surface area (Å²) in [5.74, 6) is 0.192. The molecular formula is C14H29NO3S. The van der Waals surface area contributed by atoms with E-state index in [4.69, 9.17) is 4.74 Å². The quantitative estimate of drug-likeness (QED) is 0.707. The third kappa shape index (κ3) is 5.04. The smallest absolute Gasteiger partial charge is 0.157 e. The lowest BCUT2D eigenvalue weighted by molar-refractivity contribution is 0.127. The van der Waals surface area contributed by atoms with Gasteiger partial charge in [0.2, 0.25) is 0 Å². The van der Waals surface area contributed by atoms with Crippen molar-refractivity contribution >= 4 is 9.84 Å². The first kappa shape index (κ1) is 16.9. The predicted octanol–water partition coefficient (Wildman–Crippen LogP) is 2.14. The average Bonchev–Trinajstić information content (AvgIpc) is 2.82. The molecule has 0 radical (unpaired) electrons. The van der Waals surface area contributed by atoms with Crippen molar-refractivity contribution in [2.75, 3.05) is 18.9 Å². The van der Waals surface area contributed by atoms with E-state index in [9.17, 15) is 8.42 Å². The lowest BCUT2D eigenvalue weighted by Gasteiger charge is -2.27. The number of nitrogens with one attached hydrogen (secondary N) is 1. The largest absolute Gasteiger partial charge is 0.377 e. The molecule has 114 valence electrons. The molecule has 1 N–H and O–H groups in total. The summed E-state index contributed by atoms with van der Waals surface area (Å²) >= 11 is 0. The standard InChI is InChI=1S/C14H29NO3S/c1-4-8-13(15-6-3)14(5-2)19(16,17)11-12-9-7-10-18-12/h12-15H,4-11H2,1-3H3. The molecule has 1 rings (SSSR count). The van der Waals surface area contributed by atoms with Crippen LogP contribution in [0, 0.1) is 0 Å². The molecule has 0 aliphatic carbocycles. The van der Waals surface area contributed by atoms with Gasteiger partial charge in [0.15, 0.2) is 9.84 Å². The van der Waals surface area contributed by atoms with Crippen LogP contribution < -0.4 is 5.32 Å². The Balaban J connectivity index is 2.73. The van der Waals surface area contributed by atoms with E-state index in [1.165, 1.54) is 0 Å². The Morgan fingerprint density at radius 3 is 2.53 bits per heavy atom. The molecule has 0 aromatic rings. The Bertz CT molecular complexity index is 331. The van der Waals surface area contributed by atoms with Crippen LogP contribution in [0.2, 0.25) is 0 Å². The van der Waals surface area contributed by atoms with Gasteiger partial charge in [-0.2, -0.15) is 0 Å². The third-order valence-electron chi connectivity index (χ3n) is 3.82. The molecular weight excluding hydrogens is 262 g/mol. The molecule has 1 aliphatic heterocycles. The molecule has 3 atom stereocenters. The van der Waals surface area contributed by atoms with Crippen LogP contribution in [-0.2, 0) is 14.6 Å². The zero-order chi connectivity index (χ0) is 14.3. The van der Waals surface area contributed by atoms with Gasteiger partial charge in [-0.1, -0.05) is 27.2 Å². The van der Waals surface area contributed by atoms with Gasteiger partial charge in [-0.3, -0.25) is 0 Å². The van der Waals surface area contributed by atoms with Crippen LogP contribution in [0.15, 0.2) is 0 Å². The Morgan fingerprint density at radius 2 is 2.05 bits per heavy atom. The third-order valence-corrected chi connectivity index (χ3v) is 6.24. The summed E-state index contributed by atoms with van der Waals surface area (Å²) in [4.78, 5) is 0. The Kier molecular flexibility index (Phi) is 7.32. The van der Waals surface area contributed by atoms with E-state index in [1.807, 2.05) is 13.8 Å². The highest BCUT2D eigenvalue weighted by Crippen LogP contribution is 2.21. The van der Waals surface area contributed by atoms with E-state index in [1.54, 1.807) is 0 Å². The van der Waals surface area contributed by atoms with E-state index in [0.717, 1.165) is 32.2 Å².